The standard InChI is InChI=1S/C13H17N3O3/c1-15(9-11(18)16-7-2-3-8-16)13(19)12-10(17)5-4-6-14-12/h4-6,17H,2-3,7-9H2,1H3. The van der Waals surface area contributed by atoms with Crippen molar-refractivity contribution in [2.75, 3.05) is 26.7 Å². The molecule has 1 aliphatic heterocycles. The third-order valence-electron chi connectivity index (χ3n) is 3.17. The Balaban J connectivity index is 1.99. The second kappa shape index (κ2) is 5.69. The summed E-state index contributed by atoms with van der Waals surface area (Å²) in [7, 11) is 1.53. The molecule has 0 aliphatic carbocycles. The van der Waals surface area contributed by atoms with Gasteiger partial charge in [0.05, 0.1) is 6.54 Å². The summed E-state index contributed by atoms with van der Waals surface area (Å²) in [5.41, 5.74) is -0.0285. The van der Waals surface area contributed by atoms with Crippen molar-refractivity contribution in [3.05, 3.63) is 24.0 Å². The highest BCUT2D eigenvalue weighted by molar-refractivity contribution is 5.96. The minimum atomic E-state index is -0.453. The summed E-state index contributed by atoms with van der Waals surface area (Å²) in [5.74, 6) is -0.692. The van der Waals surface area contributed by atoms with E-state index in [-0.39, 0.29) is 23.9 Å². The lowest BCUT2D eigenvalue weighted by Gasteiger charge is -2.21. The molecule has 6 nitrogen and oxygen atoms in total. The Morgan fingerprint density at radius 1 is 1.42 bits per heavy atom. The molecular formula is C13H17N3O3. The van der Waals surface area contributed by atoms with Crippen LogP contribution in [0.15, 0.2) is 18.3 Å². The number of aromatic nitrogens is 1. The second-order valence-electron chi connectivity index (χ2n) is 4.62. The number of hydrogen-bond acceptors (Lipinski definition) is 4. The van der Waals surface area contributed by atoms with E-state index in [4.69, 9.17) is 0 Å². The van der Waals surface area contributed by atoms with Crippen LogP contribution in [-0.4, -0.2) is 58.4 Å². The molecule has 0 unspecified atom stereocenters. The van der Waals surface area contributed by atoms with Crippen LogP contribution in [0.25, 0.3) is 0 Å². The predicted molar refractivity (Wildman–Crippen MR) is 68.7 cm³/mol. The average Bonchev–Trinajstić information content (AvgIpc) is 2.92. The Hall–Kier alpha value is -2.11. The Morgan fingerprint density at radius 3 is 2.74 bits per heavy atom. The molecule has 2 rings (SSSR count). The lowest BCUT2D eigenvalue weighted by molar-refractivity contribution is -0.130. The first-order chi connectivity index (χ1) is 9.09. The van der Waals surface area contributed by atoms with Gasteiger partial charge < -0.3 is 14.9 Å². The number of carbonyl (C=O) groups excluding carboxylic acids is 2. The Labute approximate surface area is 111 Å². The van der Waals surface area contributed by atoms with Gasteiger partial charge in [0.25, 0.3) is 5.91 Å². The van der Waals surface area contributed by atoms with Gasteiger partial charge in [0.1, 0.15) is 5.75 Å². The quantitative estimate of drug-likeness (QED) is 0.861. The highest BCUT2D eigenvalue weighted by Gasteiger charge is 2.23. The zero-order valence-corrected chi connectivity index (χ0v) is 10.9. The molecule has 0 atom stereocenters. The van der Waals surface area contributed by atoms with Crippen molar-refractivity contribution in [3.63, 3.8) is 0 Å². The number of rotatable bonds is 3. The van der Waals surface area contributed by atoms with Crippen molar-refractivity contribution >= 4 is 11.8 Å². The van der Waals surface area contributed by atoms with E-state index in [1.807, 2.05) is 0 Å². The molecule has 102 valence electrons. The van der Waals surface area contributed by atoms with E-state index < -0.39 is 5.91 Å². The van der Waals surface area contributed by atoms with Crippen molar-refractivity contribution in [2.45, 2.75) is 12.8 Å². The monoisotopic (exact) mass is 263 g/mol. The molecular weight excluding hydrogens is 246 g/mol. The van der Waals surface area contributed by atoms with Crippen LogP contribution in [0.3, 0.4) is 0 Å². The summed E-state index contributed by atoms with van der Waals surface area (Å²) in [6.45, 7) is 1.53. The molecule has 0 bridgehead atoms. The molecule has 2 heterocycles. The maximum atomic E-state index is 12.0. The van der Waals surface area contributed by atoms with Crippen LogP contribution in [0, 0.1) is 0 Å². The summed E-state index contributed by atoms with van der Waals surface area (Å²) in [5, 5.41) is 9.57. The summed E-state index contributed by atoms with van der Waals surface area (Å²) < 4.78 is 0. The van der Waals surface area contributed by atoms with E-state index in [1.54, 1.807) is 11.0 Å². The molecule has 0 spiro atoms. The van der Waals surface area contributed by atoms with Crippen molar-refractivity contribution in [1.82, 2.24) is 14.8 Å². The lowest BCUT2D eigenvalue weighted by atomic mass is 10.3. The zero-order chi connectivity index (χ0) is 13.8. The second-order valence-corrected chi connectivity index (χ2v) is 4.62. The molecule has 6 heteroatoms. The van der Waals surface area contributed by atoms with Crippen LogP contribution in [0.2, 0.25) is 0 Å². The molecule has 0 radical (unpaired) electrons. The maximum Gasteiger partial charge on any atom is 0.276 e. The van der Waals surface area contributed by atoms with E-state index in [9.17, 15) is 14.7 Å². The van der Waals surface area contributed by atoms with Gasteiger partial charge in [0.2, 0.25) is 5.91 Å². The predicted octanol–water partition coefficient (Wildman–Crippen LogP) is 0.482. The fourth-order valence-electron chi connectivity index (χ4n) is 2.08. The third-order valence-corrected chi connectivity index (χ3v) is 3.17. The fraction of sp³-hybridized carbons (Fsp3) is 0.462. The van der Waals surface area contributed by atoms with Gasteiger partial charge in [-0.25, -0.2) is 4.98 Å². The van der Waals surface area contributed by atoms with Gasteiger partial charge in [0, 0.05) is 26.3 Å². The minimum absolute atomic E-state index is 0.00878. The first-order valence-electron chi connectivity index (χ1n) is 6.27. The van der Waals surface area contributed by atoms with E-state index in [2.05, 4.69) is 4.98 Å². The number of amides is 2. The van der Waals surface area contributed by atoms with Crippen LogP contribution in [0.4, 0.5) is 0 Å². The fourth-order valence-corrected chi connectivity index (χ4v) is 2.08. The Morgan fingerprint density at radius 2 is 2.11 bits per heavy atom. The van der Waals surface area contributed by atoms with Gasteiger partial charge in [-0.15, -0.1) is 0 Å². The van der Waals surface area contributed by atoms with Crippen LogP contribution >= 0.6 is 0 Å². The van der Waals surface area contributed by atoms with E-state index in [0.717, 1.165) is 25.9 Å². The lowest BCUT2D eigenvalue weighted by Crippen LogP contribution is -2.40. The number of likely N-dealkylation sites (tertiary alicyclic amines) is 1. The van der Waals surface area contributed by atoms with Crippen molar-refractivity contribution in [3.8, 4) is 5.75 Å². The number of likely N-dealkylation sites (N-methyl/N-ethyl adjacent to an activating group) is 1. The molecule has 0 aromatic carbocycles. The van der Waals surface area contributed by atoms with Gasteiger partial charge in [-0.3, -0.25) is 9.59 Å². The molecule has 1 aliphatic rings. The number of nitrogens with zero attached hydrogens (tertiary/aromatic N) is 3. The van der Waals surface area contributed by atoms with E-state index >= 15 is 0 Å². The van der Waals surface area contributed by atoms with Gasteiger partial charge in [-0.2, -0.15) is 0 Å². The SMILES string of the molecule is CN(CC(=O)N1CCCC1)C(=O)c1ncccc1O. The van der Waals surface area contributed by atoms with Gasteiger partial charge in [0.15, 0.2) is 5.69 Å². The highest BCUT2D eigenvalue weighted by atomic mass is 16.3. The highest BCUT2D eigenvalue weighted by Crippen LogP contribution is 2.15. The molecule has 1 N–H and O–H groups in total. The van der Waals surface area contributed by atoms with Crippen LogP contribution in [0.1, 0.15) is 23.3 Å². The molecule has 1 aromatic rings. The minimum Gasteiger partial charge on any atom is -0.505 e. The van der Waals surface area contributed by atoms with Gasteiger partial charge >= 0.3 is 0 Å². The van der Waals surface area contributed by atoms with E-state index in [1.165, 1.54) is 24.2 Å². The number of carbonyl (C=O) groups is 2. The summed E-state index contributed by atoms with van der Waals surface area (Å²) in [6, 6.07) is 2.94. The molecule has 1 saturated heterocycles. The van der Waals surface area contributed by atoms with Crippen molar-refractivity contribution < 1.29 is 14.7 Å². The maximum absolute atomic E-state index is 12.0. The largest absolute Gasteiger partial charge is 0.505 e. The molecule has 1 fully saturated rings. The van der Waals surface area contributed by atoms with Crippen LogP contribution < -0.4 is 0 Å². The zero-order valence-electron chi connectivity index (χ0n) is 10.9. The normalized spacial score (nSPS) is 14.5. The summed E-state index contributed by atoms with van der Waals surface area (Å²) in [6.07, 6.45) is 3.47. The summed E-state index contributed by atoms with van der Waals surface area (Å²) in [4.78, 5) is 30.8. The van der Waals surface area contributed by atoms with E-state index in [0.29, 0.717) is 0 Å². The first kappa shape index (κ1) is 13.3. The third kappa shape index (κ3) is 3.01. The topological polar surface area (TPSA) is 73.7 Å². The van der Waals surface area contributed by atoms with Gasteiger partial charge in [-0.05, 0) is 25.0 Å². The number of aromatic hydroxyl groups is 1. The Bertz CT molecular complexity index is 484. The molecule has 1 aromatic heterocycles. The molecule has 2 amide bonds. The smallest absolute Gasteiger partial charge is 0.276 e. The Kier molecular flexibility index (Phi) is 3.99. The molecule has 0 saturated carbocycles. The van der Waals surface area contributed by atoms with Crippen LogP contribution in [-0.2, 0) is 4.79 Å². The van der Waals surface area contributed by atoms with Crippen molar-refractivity contribution in [2.24, 2.45) is 0 Å². The molecule has 19 heavy (non-hydrogen) atoms. The number of pyridine rings is 1. The average molecular weight is 263 g/mol. The summed E-state index contributed by atoms with van der Waals surface area (Å²) >= 11 is 0. The van der Waals surface area contributed by atoms with Gasteiger partial charge in [-0.1, -0.05) is 0 Å². The first-order valence-corrected chi connectivity index (χ1v) is 6.27. The number of hydrogen-bond donors (Lipinski definition) is 1. The van der Waals surface area contributed by atoms with Crippen molar-refractivity contribution in [1.29, 1.82) is 0 Å². The van der Waals surface area contributed by atoms with Crippen LogP contribution in [0.5, 0.6) is 5.75 Å².